The van der Waals surface area contributed by atoms with E-state index < -0.39 is 5.60 Å². The monoisotopic (exact) mass is 473 g/mol. The zero-order valence-corrected chi connectivity index (χ0v) is 20.6. The van der Waals surface area contributed by atoms with Crippen LogP contribution in [0.2, 0.25) is 0 Å². The number of rotatable bonds is 3. The summed E-state index contributed by atoms with van der Waals surface area (Å²) in [7, 11) is 0. The summed E-state index contributed by atoms with van der Waals surface area (Å²) in [6, 6.07) is 13.6. The van der Waals surface area contributed by atoms with Crippen molar-refractivity contribution in [3.05, 3.63) is 65.4 Å². The smallest absolute Gasteiger partial charge is 0.410 e. The van der Waals surface area contributed by atoms with Crippen LogP contribution >= 0.6 is 0 Å². The van der Waals surface area contributed by atoms with E-state index in [1.807, 2.05) is 44.5 Å². The van der Waals surface area contributed by atoms with Crippen LogP contribution in [-0.4, -0.2) is 49.8 Å². The maximum Gasteiger partial charge on any atom is 0.410 e. The Balaban J connectivity index is 1.48. The molecule has 2 N–H and O–H groups in total. The Morgan fingerprint density at radius 1 is 1.20 bits per heavy atom. The van der Waals surface area contributed by atoms with E-state index >= 15 is 0 Å². The Morgan fingerprint density at radius 3 is 2.80 bits per heavy atom. The topological polar surface area (TPSA) is 92.5 Å². The number of nitrogens with zero attached hydrogens (tertiary/aromatic N) is 4. The number of benzene rings is 2. The van der Waals surface area contributed by atoms with Gasteiger partial charge in [-0.05, 0) is 69.0 Å². The predicted molar refractivity (Wildman–Crippen MR) is 135 cm³/mol. The third kappa shape index (κ3) is 4.73. The van der Waals surface area contributed by atoms with E-state index in [1.165, 1.54) is 0 Å². The van der Waals surface area contributed by atoms with Gasteiger partial charge in [0.2, 0.25) is 0 Å². The quantitative estimate of drug-likeness (QED) is 0.547. The van der Waals surface area contributed by atoms with Crippen molar-refractivity contribution < 1.29 is 14.6 Å². The Labute approximate surface area is 205 Å². The molecule has 35 heavy (non-hydrogen) atoms. The molecule has 2 aliphatic rings. The first-order valence-corrected chi connectivity index (χ1v) is 12.0. The van der Waals surface area contributed by atoms with Gasteiger partial charge in [-0.2, -0.15) is 0 Å². The van der Waals surface area contributed by atoms with Crippen molar-refractivity contribution >= 4 is 17.4 Å². The number of aryl methyl sites for hydroxylation is 2. The number of hydrogen-bond acceptors (Lipinski definition) is 6. The van der Waals surface area contributed by atoms with Crippen LogP contribution in [0.1, 0.15) is 50.1 Å². The number of carbonyl (C=O) groups is 1. The Kier molecular flexibility index (Phi) is 5.75. The van der Waals surface area contributed by atoms with E-state index in [2.05, 4.69) is 39.9 Å². The summed E-state index contributed by atoms with van der Waals surface area (Å²) in [6.07, 6.45) is 2.61. The summed E-state index contributed by atoms with van der Waals surface area (Å²) in [6.45, 7) is 9.39. The first kappa shape index (κ1) is 23.0. The molecule has 1 atom stereocenters. The van der Waals surface area contributed by atoms with Gasteiger partial charge in [-0.15, -0.1) is 5.10 Å². The van der Waals surface area contributed by atoms with Crippen LogP contribution in [0.3, 0.4) is 0 Å². The highest BCUT2D eigenvalue weighted by Gasteiger charge is 2.29. The number of amides is 1. The fraction of sp³-hybridized carbons (Fsp3) is 0.370. The van der Waals surface area contributed by atoms with Crippen LogP contribution in [0.15, 0.2) is 48.5 Å². The summed E-state index contributed by atoms with van der Waals surface area (Å²) in [5.74, 6) is 0.226. The summed E-state index contributed by atoms with van der Waals surface area (Å²) in [5, 5.41) is 22.2. The van der Waals surface area contributed by atoms with Gasteiger partial charge in [0.15, 0.2) is 0 Å². The number of ether oxygens (including phenoxy) is 1. The van der Waals surface area contributed by atoms with E-state index in [-0.39, 0.29) is 17.9 Å². The zero-order chi connectivity index (χ0) is 24.7. The van der Waals surface area contributed by atoms with Crippen molar-refractivity contribution in [2.24, 2.45) is 0 Å². The fourth-order valence-corrected chi connectivity index (χ4v) is 4.74. The molecule has 0 fully saturated rings. The fourth-order valence-electron chi connectivity index (χ4n) is 4.74. The largest absolute Gasteiger partial charge is 0.508 e. The minimum absolute atomic E-state index is 0.0109. The lowest BCUT2D eigenvalue weighted by Crippen LogP contribution is -2.35. The molecule has 3 heterocycles. The maximum absolute atomic E-state index is 12.6. The van der Waals surface area contributed by atoms with E-state index in [0.717, 1.165) is 52.3 Å². The molecular weight excluding hydrogens is 442 g/mol. The van der Waals surface area contributed by atoms with Crippen LogP contribution in [-0.2, 0) is 11.3 Å². The molecule has 0 bridgehead atoms. The van der Waals surface area contributed by atoms with Crippen LogP contribution in [0.5, 0.6) is 5.75 Å². The SMILES string of the molecule is Cc1nnn2c1-c1ccc(C3=CCN(C(=O)OC(C)(C)C)C3)cc1C(Nc1cccc(O)c1)CC2. The van der Waals surface area contributed by atoms with Crippen molar-refractivity contribution in [1.29, 1.82) is 0 Å². The van der Waals surface area contributed by atoms with Crippen LogP contribution < -0.4 is 5.32 Å². The Hall–Kier alpha value is -3.81. The number of hydrogen-bond donors (Lipinski definition) is 2. The van der Waals surface area contributed by atoms with Gasteiger partial charge in [0, 0.05) is 37.0 Å². The molecule has 8 nitrogen and oxygen atoms in total. The van der Waals surface area contributed by atoms with Crippen LogP contribution in [0.25, 0.3) is 16.8 Å². The molecule has 1 amide bonds. The molecular formula is C27H31N5O3. The summed E-state index contributed by atoms with van der Waals surface area (Å²) in [5.41, 5.74) is 6.68. The molecule has 5 rings (SSSR count). The standard InChI is InChI=1S/C27H31N5O3/c1-17-25-22-9-8-18(19-10-12-31(16-19)26(34)35-27(2,3)4)14-23(22)24(11-13-32(25)30-29-17)28-20-6-5-7-21(33)15-20/h5-10,14-15,24,28,33H,11-13,16H2,1-4H3. The van der Waals surface area contributed by atoms with Crippen molar-refractivity contribution in [2.45, 2.75) is 52.3 Å². The van der Waals surface area contributed by atoms with Crippen molar-refractivity contribution in [3.63, 3.8) is 0 Å². The number of aromatic nitrogens is 3. The molecule has 1 unspecified atom stereocenters. The third-order valence-corrected chi connectivity index (χ3v) is 6.34. The second-order valence-corrected chi connectivity index (χ2v) is 10.2. The second kappa shape index (κ2) is 8.76. The molecule has 0 radical (unpaired) electrons. The number of nitrogens with one attached hydrogen (secondary N) is 1. The van der Waals surface area contributed by atoms with Crippen LogP contribution in [0, 0.1) is 6.92 Å². The van der Waals surface area contributed by atoms with Crippen LogP contribution in [0.4, 0.5) is 10.5 Å². The maximum atomic E-state index is 12.6. The molecule has 0 aliphatic carbocycles. The van der Waals surface area contributed by atoms with Gasteiger partial charge in [-0.25, -0.2) is 9.48 Å². The number of carbonyl (C=O) groups excluding carboxylic acids is 1. The van der Waals surface area contributed by atoms with Gasteiger partial charge in [0.1, 0.15) is 11.4 Å². The highest BCUT2D eigenvalue weighted by Crippen LogP contribution is 2.39. The first-order chi connectivity index (χ1) is 16.7. The molecule has 2 aliphatic heterocycles. The van der Waals surface area contributed by atoms with Gasteiger partial charge >= 0.3 is 6.09 Å². The highest BCUT2D eigenvalue weighted by atomic mass is 16.6. The van der Waals surface area contributed by atoms with E-state index in [4.69, 9.17) is 4.74 Å². The summed E-state index contributed by atoms with van der Waals surface area (Å²) >= 11 is 0. The molecule has 2 aromatic carbocycles. The number of aromatic hydroxyl groups is 1. The van der Waals surface area contributed by atoms with E-state index in [0.29, 0.717) is 13.1 Å². The van der Waals surface area contributed by atoms with Gasteiger partial charge in [0.25, 0.3) is 0 Å². The lowest BCUT2D eigenvalue weighted by atomic mass is 9.92. The number of phenols is 1. The Morgan fingerprint density at radius 2 is 2.03 bits per heavy atom. The number of fused-ring (bicyclic) bond motifs is 3. The first-order valence-electron chi connectivity index (χ1n) is 12.0. The average Bonchev–Trinajstić information content (AvgIpc) is 3.39. The molecule has 0 saturated carbocycles. The zero-order valence-electron chi connectivity index (χ0n) is 20.6. The van der Waals surface area contributed by atoms with Gasteiger partial charge in [0.05, 0.1) is 17.4 Å². The number of anilines is 1. The summed E-state index contributed by atoms with van der Waals surface area (Å²) < 4.78 is 7.53. The minimum Gasteiger partial charge on any atom is -0.508 e. The molecule has 0 saturated heterocycles. The average molecular weight is 474 g/mol. The number of phenolic OH excluding ortho intramolecular Hbond substituents is 1. The Bertz CT molecular complexity index is 1300. The summed E-state index contributed by atoms with van der Waals surface area (Å²) in [4.78, 5) is 14.3. The van der Waals surface area contributed by atoms with Crippen molar-refractivity contribution in [3.8, 4) is 17.0 Å². The highest BCUT2D eigenvalue weighted by molar-refractivity contribution is 5.80. The molecule has 1 aromatic heterocycles. The van der Waals surface area contributed by atoms with E-state index in [9.17, 15) is 9.90 Å². The minimum atomic E-state index is -0.524. The predicted octanol–water partition coefficient (Wildman–Crippen LogP) is 5.15. The van der Waals surface area contributed by atoms with E-state index in [1.54, 1.807) is 17.0 Å². The normalized spacial score (nSPS) is 17.3. The van der Waals surface area contributed by atoms with Gasteiger partial charge < -0.3 is 20.1 Å². The van der Waals surface area contributed by atoms with Gasteiger partial charge in [-0.1, -0.05) is 29.5 Å². The lowest BCUT2D eigenvalue weighted by molar-refractivity contribution is 0.0306. The molecule has 3 aromatic rings. The molecule has 182 valence electrons. The lowest BCUT2D eigenvalue weighted by Gasteiger charge is -2.24. The van der Waals surface area contributed by atoms with Crippen molar-refractivity contribution in [2.75, 3.05) is 18.4 Å². The third-order valence-electron chi connectivity index (χ3n) is 6.34. The van der Waals surface area contributed by atoms with Gasteiger partial charge in [-0.3, -0.25) is 0 Å². The van der Waals surface area contributed by atoms with Crippen molar-refractivity contribution in [1.82, 2.24) is 19.9 Å². The molecule has 0 spiro atoms. The molecule has 8 heteroatoms. The second-order valence-electron chi connectivity index (χ2n) is 10.2.